The fourth-order valence-corrected chi connectivity index (χ4v) is 2.77. The Labute approximate surface area is 144 Å². The molecule has 118 valence electrons. The summed E-state index contributed by atoms with van der Waals surface area (Å²) in [7, 11) is 0. The molecular weight excluding hydrogens is 333 g/mol. The largest absolute Gasteiger partial charge is 0.325 e. The molecule has 1 N–H and O–H groups in total. The lowest BCUT2D eigenvalue weighted by molar-refractivity contribution is -0.114. The van der Waals surface area contributed by atoms with Crippen molar-refractivity contribution >= 4 is 46.2 Å². The second kappa shape index (κ2) is 6.69. The summed E-state index contributed by atoms with van der Waals surface area (Å²) < 4.78 is 0. The smallest absolute Gasteiger partial charge is 0.221 e. The van der Waals surface area contributed by atoms with E-state index in [-0.39, 0.29) is 5.91 Å². The number of hydrogen-bond donors (Lipinski definition) is 1. The van der Waals surface area contributed by atoms with Gasteiger partial charge in [-0.25, -0.2) is 0 Å². The van der Waals surface area contributed by atoms with E-state index in [2.05, 4.69) is 15.5 Å². The molecule has 0 unspecified atom stereocenters. The van der Waals surface area contributed by atoms with Crippen LogP contribution in [0.25, 0.3) is 0 Å². The van der Waals surface area contributed by atoms with Crippen molar-refractivity contribution in [2.45, 2.75) is 25.7 Å². The van der Waals surface area contributed by atoms with E-state index in [1.54, 1.807) is 18.2 Å². The average molecular weight is 348 g/mol. The molecule has 6 heteroatoms. The first-order valence-electron chi connectivity index (χ1n) is 7.31. The molecule has 1 amide bonds. The lowest BCUT2D eigenvalue weighted by atomic mass is 10.1. The quantitative estimate of drug-likeness (QED) is 0.653. The molecule has 23 heavy (non-hydrogen) atoms. The highest BCUT2D eigenvalue weighted by atomic mass is 35.5. The molecule has 2 aromatic carbocycles. The predicted octanol–water partition coefficient (Wildman–Crippen LogP) is 6.24. The highest BCUT2D eigenvalue weighted by Gasteiger charge is 2.25. The number of carbonyl (C=O) groups is 1. The van der Waals surface area contributed by atoms with Crippen LogP contribution in [0.2, 0.25) is 10.0 Å². The summed E-state index contributed by atoms with van der Waals surface area (Å²) in [5, 5.41) is 12.3. The zero-order valence-electron chi connectivity index (χ0n) is 12.5. The third kappa shape index (κ3) is 4.09. The number of nitrogens with zero attached hydrogens (tertiary/aromatic N) is 2. The highest BCUT2D eigenvalue weighted by Crippen LogP contribution is 2.44. The van der Waals surface area contributed by atoms with Gasteiger partial charge in [0.05, 0.1) is 22.1 Å². The summed E-state index contributed by atoms with van der Waals surface area (Å²) in [6, 6.07) is 10.8. The van der Waals surface area contributed by atoms with Crippen LogP contribution in [0.5, 0.6) is 0 Å². The van der Waals surface area contributed by atoms with Gasteiger partial charge in [0, 0.05) is 11.9 Å². The number of anilines is 1. The molecule has 0 heterocycles. The molecule has 1 fully saturated rings. The fraction of sp³-hybridized carbons (Fsp3) is 0.235. The number of azo groups is 1. The monoisotopic (exact) mass is 347 g/mol. The number of amides is 1. The van der Waals surface area contributed by atoms with Crippen molar-refractivity contribution in [2.75, 3.05) is 5.32 Å². The molecule has 0 spiro atoms. The SMILES string of the molecule is CC(=O)Nc1ccc(N=Nc2ccc(Cl)c(C3CC3)c2)cc1Cl. The number of hydrogen-bond acceptors (Lipinski definition) is 3. The molecule has 0 radical (unpaired) electrons. The van der Waals surface area contributed by atoms with Gasteiger partial charge in [-0.1, -0.05) is 23.2 Å². The third-order valence-electron chi connectivity index (χ3n) is 3.54. The number of halogens is 2. The average Bonchev–Trinajstić information content (AvgIpc) is 3.33. The third-order valence-corrected chi connectivity index (χ3v) is 4.20. The van der Waals surface area contributed by atoms with E-state index in [4.69, 9.17) is 23.2 Å². The Hall–Kier alpha value is -1.91. The topological polar surface area (TPSA) is 53.8 Å². The van der Waals surface area contributed by atoms with Crippen LogP contribution < -0.4 is 5.32 Å². The molecule has 3 rings (SSSR count). The predicted molar refractivity (Wildman–Crippen MR) is 93.4 cm³/mol. The standard InChI is InChI=1S/C17H15Cl2N3O/c1-10(23)20-17-7-5-13(9-16(17)19)22-21-12-4-6-15(18)14(8-12)11-2-3-11/h4-9,11H,2-3H2,1H3,(H,20,23). The maximum absolute atomic E-state index is 11.1. The minimum absolute atomic E-state index is 0.171. The summed E-state index contributed by atoms with van der Waals surface area (Å²) in [6.45, 7) is 1.43. The van der Waals surface area contributed by atoms with Crippen LogP contribution in [-0.2, 0) is 4.79 Å². The lowest BCUT2D eigenvalue weighted by Gasteiger charge is -2.05. The Kier molecular flexibility index (Phi) is 4.64. The van der Waals surface area contributed by atoms with Crippen LogP contribution in [0.4, 0.5) is 17.1 Å². The molecular formula is C17H15Cl2N3O. The van der Waals surface area contributed by atoms with Gasteiger partial charge < -0.3 is 5.32 Å². The van der Waals surface area contributed by atoms with E-state index in [9.17, 15) is 4.79 Å². The molecule has 1 saturated carbocycles. The van der Waals surface area contributed by atoms with Gasteiger partial charge in [0.1, 0.15) is 0 Å². The van der Waals surface area contributed by atoms with Crippen molar-refractivity contribution in [1.82, 2.24) is 0 Å². The van der Waals surface area contributed by atoms with Gasteiger partial charge in [0.25, 0.3) is 0 Å². The van der Waals surface area contributed by atoms with Gasteiger partial charge in [-0.05, 0) is 60.7 Å². The highest BCUT2D eigenvalue weighted by molar-refractivity contribution is 6.34. The fourth-order valence-electron chi connectivity index (χ4n) is 2.27. The Balaban J connectivity index is 1.78. The summed E-state index contributed by atoms with van der Waals surface area (Å²) in [5.41, 5.74) is 3.08. The molecule has 0 bridgehead atoms. The van der Waals surface area contributed by atoms with Gasteiger partial charge in [0.2, 0.25) is 5.91 Å². The van der Waals surface area contributed by atoms with E-state index < -0.39 is 0 Å². The van der Waals surface area contributed by atoms with Gasteiger partial charge in [0.15, 0.2) is 0 Å². The first-order chi connectivity index (χ1) is 11.0. The molecule has 4 nitrogen and oxygen atoms in total. The maximum atomic E-state index is 11.1. The summed E-state index contributed by atoms with van der Waals surface area (Å²) >= 11 is 12.3. The number of benzene rings is 2. The summed E-state index contributed by atoms with van der Waals surface area (Å²) in [5.74, 6) is 0.388. The number of nitrogens with one attached hydrogen (secondary N) is 1. The summed E-state index contributed by atoms with van der Waals surface area (Å²) in [6.07, 6.45) is 2.36. The first-order valence-corrected chi connectivity index (χ1v) is 8.07. The van der Waals surface area contributed by atoms with Crippen LogP contribution in [0, 0.1) is 0 Å². The maximum Gasteiger partial charge on any atom is 0.221 e. The van der Waals surface area contributed by atoms with Crippen molar-refractivity contribution in [3.8, 4) is 0 Å². The Morgan fingerprint density at radius 2 is 1.70 bits per heavy atom. The van der Waals surface area contributed by atoms with Crippen molar-refractivity contribution in [3.05, 3.63) is 52.0 Å². The second-order valence-corrected chi connectivity index (χ2v) is 6.34. The van der Waals surface area contributed by atoms with Crippen molar-refractivity contribution in [3.63, 3.8) is 0 Å². The van der Waals surface area contributed by atoms with E-state index >= 15 is 0 Å². The molecule has 1 aliphatic rings. The number of carbonyl (C=O) groups excluding carboxylic acids is 1. The summed E-state index contributed by atoms with van der Waals surface area (Å²) in [4.78, 5) is 11.1. The van der Waals surface area contributed by atoms with E-state index in [0.717, 1.165) is 16.3 Å². The molecule has 2 aromatic rings. The van der Waals surface area contributed by atoms with Gasteiger partial charge >= 0.3 is 0 Å². The molecule has 0 aliphatic heterocycles. The zero-order chi connectivity index (χ0) is 16.4. The molecule has 0 saturated heterocycles. The van der Waals surface area contributed by atoms with Crippen LogP contribution in [0.1, 0.15) is 31.2 Å². The second-order valence-electron chi connectivity index (χ2n) is 5.53. The van der Waals surface area contributed by atoms with Gasteiger partial charge in [-0.2, -0.15) is 10.2 Å². The van der Waals surface area contributed by atoms with Crippen molar-refractivity contribution in [1.29, 1.82) is 0 Å². The van der Waals surface area contributed by atoms with Crippen LogP contribution in [-0.4, -0.2) is 5.91 Å². The van der Waals surface area contributed by atoms with E-state index in [0.29, 0.717) is 22.3 Å². The molecule has 0 atom stereocenters. The minimum atomic E-state index is -0.171. The van der Waals surface area contributed by atoms with E-state index in [1.807, 2.05) is 18.2 Å². The Morgan fingerprint density at radius 1 is 1.04 bits per heavy atom. The van der Waals surface area contributed by atoms with Crippen LogP contribution in [0.3, 0.4) is 0 Å². The molecule has 1 aliphatic carbocycles. The van der Waals surface area contributed by atoms with Crippen molar-refractivity contribution < 1.29 is 4.79 Å². The normalized spacial score (nSPS) is 14.2. The lowest BCUT2D eigenvalue weighted by Crippen LogP contribution is -2.05. The number of rotatable bonds is 4. The molecule has 0 aromatic heterocycles. The first kappa shape index (κ1) is 16.0. The zero-order valence-corrected chi connectivity index (χ0v) is 14.0. The Morgan fingerprint density at radius 3 is 2.30 bits per heavy atom. The van der Waals surface area contributed by atoms with Gasteiger partial charge in [-0.15, -0.1) is 0 Å². The Bertz CT molecular complexity index is 785. The van der Waals surface area contributed by atoms with Gasteiger partial charge in [-0.3, -0.25) is 4.79 Å². The van der Waals surface area contributed by atoms with E-state index in [1.165, 1.54) is 19.8 Å². The minimum Gasteiger partial charge on any atom is -0.325 e. The van der Waals surface area contributed by atoms with Crippen LogP contribution in [0.15, 0.2) is 46.6 Å². The van der Waals surface area contributed by atoms with Crippen LogP contribution >= 0.6 is 23.2 Å². The van der Waals surface area contributed by atoms with Crippen molar-refractivity contribution in [2.24, 2.45) is 10.2 Å².